The fourth-order valence-electron chi connectivity index (χ4n) is 4.28. The van der Waals surface area contributed by atoms with Crippen LogP contribution < -0.4 is 0 Å². The first-order valence-electron chi connectivity index (χ1n) is 10.4. The van der Waals surface area contributed by atoms with Gasteiger partial charge in [-0.05, 0) is 39.8 Å². The van der Waals surface area contributed by atoms with Crippen molar-refractivity contribution in [3.63, 3.8) is 0 Å². The van der Waals surface area contributed by atoms with E-state index in [1.807, 2.05) is 36.4 Å². The lowest BCUT2D eigenvalue weighted by molar-refractivity contribution is -0.232. The fourth-order valence-corrected chi connectivity index (χ4v) is 4.28. The van der Waals surface area contributed by atoms with Gasteiger partial charge < -0.3 is 29.9 Å². The molecule has 4 N–H and O–H groups in total. The number of hydrogen-bond acceptors (Lipinski definition) is 6. The van der Waals surface area contributed by atoms with Crippen molar-refractivity contribution < 1.29 is 29.9 Å². The first-order chi connectivity index (χ1) is 15.0. The highest BCUT2D eigenvalue weighted by Gasteiger charge is 2.44. The summed E-state index contributed by atoms with van der Waals surface area (Å²) in [7, 11) is 1.58. The fraction of sp³-hybridized carbons (Fsp3) is 0.360. The zero-order valence-electron chi connectivity index (χ0n) is 17.4. The van der Waals surface area contributed by atoms with Gasteiger partial charge in [0, 0.05) is 7.11 Å². The third-order valence-corrected chi connectivity index (χ3v) is 5.91. The monoisotopic (exact) mass is 424 g/mol. The number of methoxy groups -OCH3 is 1. The molecule has 1 saturated heterocycles. The summed E-state index contributed by atoms with van der Waals surface area (Å²) in [6, 6.07) is 20.4. The number of hydrogen-bond donors (Lipinski definition) is 4. The Bertz CT molecular complexity index is 957. The van der Waals surface area contributed by atoms with Crippen molar-refractivity contribution in [2.75, 3.05) is 13.7 Å². The van der Waals surface area contributed by atoms with Gasteiger partial charge in [0.25, 0.3) is 0 Å². The number of ether oxygens (including phenoxy) is 2. The van der Waals surface area contributed by atoms with E-state index in [4.69, 9.17) is 9.47 Å². The molecule has 0 aromatic heterocycles. The maximum atomic E-state index is 10.6. The number of benzene rings is 1. The van der Waals surface area contributed by atoms with E-state index in [9.17, 15) is 20.4 Å². The highest BCUT2D eigenvalue weighted by Crippen LogP contribution is 2.35. The van der Waals surface area contributed by atoms with Crippen LogP contribution in [0, 0.1) is 0 Å². The van der Waals surface area contributed by atoms with Gasteiger partial charge in [-0.1, -0.05) is 60.7 Å². The summed E-state index contributed by atoms with van der Waals surface area (Å²) in [5, 5.41) is 40.5. The Morgan fingerprint density at radius 1 is 0.839 bits per heavy atom. The summed E-state index contributed by atoms with van der Waals surface area (Å²) in [6.07, 6.45) is -5.29. The topological polar surface area (TPSA) is 99.4 Å². The number of aliphatic hydroxyl groups is 4. The quantitative estimate of drug-likeness (QED) is 0.483. The lowest BCUT2D eigenvalue weighted by Crippen LogP contribution is -2.55. The van der Waals surface area contributed by atoms with Crippen LogP contribution in [0.4, 0.5) is 0 Å². The molecule has 6 heteroatoms. The van der Waals surface area contributed by atoms with E-state index in [2.05, 4.69) is 24.3 Å². The van der Waals surface area contributed by atoms with Crippen LogP contribution in [-0.2, 0) is 22.5 Å². The lowest BCUT2D eigenvalue weighted by atomic mass is 9.88. The van der Waals surface area contributed by atoms with Crippen molar-refractivity contribution in [1.82, 2.24) is 0 Å². The molecule has 4 rings (SSSR count). The molecule has 0 saturated carbocycles. The van der Waals surface area contributed by atoms with E-state index in [0.717, 1.165) is 11.1 Å². The maximum absolute atomic E-state index is 10.6. The highest BCUT2D eigenvalue weighted by atomic mass is 16.5. The Morgan fingerprint density at radius 3 is 2.19 bits per heavy atom. The molecule has 1 heterocycles. The average molecular weight is 424 g/mol. The Kier molecular flexibility index (Phi) is 6.67. The molecule has 3 aliphatic rings. The Balaban J connectivity index is 1.67. The summed E-state index contributed by atoms with van der Waals surface area (Å²) < 4.78 is 11.1. The molecule has 31 heavy (non-hydrogen) atoms. The predicted octanol–water partition coefficient (Wildman–Crippen LogP) is 2.04. The SMILES string of the molecule is COCc1ccc(Cc2cc3cccccc-3c2)cc1[C@@H]1O[C@H](CO)[C@@H](O)[C@H](O)[C@H]1O. The maximum Gasteiger partial charge on any atom is 0.113 e. The van der Waals surface area contributed by atoms with Crippen LogP contribution in [0.2, 0.25) is 0 Å². The van der Waals surface area contributed by atoms with Crippen LogP contribution in [0.5, 0.6) is 0 Å². The molecule has 1 aromatic rings. The average Bonchev–Trinajstić information content (AvgIpc) is 3.01. The van der Waals surface area contributed by atoms with E-state index in [1.54, 1.807) is 7.11 Å². The van der Waals surface area contributed by atoms with E-state index in [1.165, 1.54) is 16.7 Å². The van der Waals surface area contributed by atoms with Gasteiger partial charge in [-0.25, -0.2) is 0 Å². The molecule has 6 nitrogen and oxygen atoms in total. The van der Waals surface area contributed by atoms with Crippen LogP contribution in [-0.4, -0.2) is 58.6 Å². The molecule has 2 aliphatic carbocycles. The second-order valence-corrected chi connectivity index (χ2v) is 8.08. The van der Waals surface area contributed by atoms with Crippen LogP contribution in [0.25, 0.3) is 11.1 Å². The van der Waals surface area contributed by atoms with Gasteiger partial charge in [0.2, 0.25) is 0 Å². The minimum Gasteiger partial charge on any atom is -0.394 e. The number of rotatable bonds is 6. The van der Waals surface area contributed by atoms with Crippen LogP contribution in [0.15, 0.2) is 60.7 Å². The van der Waals surface area contributed by atoms with Crippen molar-refractivity contribution >= 4 is 0 Å². The Morgan fingerprint density at radius 2 is 1.55 bits per heavy atom. The predicted molar refractivity (Wildman–Crippen MR) is 116 cm³/mol. The van der Waals surface area contributed by atoms with Crippen molar-refractivity contribution in [2.45, 2.75) is 43.5 Å². The Hall–Kier alpha value is -2.32. The van der Waals surface area contributed by atoms with Crippen molar-refractivity contribution in [2.24, 2.45) is 0 Å². The molecule has 0 spiro atoms. The van der Waals surface area contributed by atoms with E-state index in [0.29, 0.717) is 18.6 Å². The van der Waals surface area contributed by atoms with Gasteiger partial charge in [-0.2, -0.15) is 0 Å². The standard InChI is InChI=1S/C25H28O6/c1-30-14-19-8-7-15(9-16-10-17-5-3-2-4-6-18(17)11-16)12-20(19)25-24(29)23(28)22(27)21(13-26)31-25/h2-8,10-12,21-29H,9,13-14H2,1H3/t21-,22-,23+,24-,25+/m1/s1. The van der Waals surface area contributed by atoms with Crippen molar-refractivity contribution in [3.8, 4) is 11.1 Å². The second-order valence-electron chi connectivity index (χ2n) is 8.08. The van der Waals surface area contributed by atoms with Crippen molar-refractivity contribution in [1.29, 1.82) is 0 Å². The van der Waals surface area contributed by atoms with Gasteiger partial charge in [-0.3, -0.25) is 0 Å². The first kappa shape index (κ1) is 21.9. The third kappa shape index (κ3) is 4.50. The molecule has 5 atom stereocenters. The zero-order chi connectivity index (χ0) is 22.0. The van der Waals surface area contributed by atoms with Crippen LogP contribution in [0.3, 0.4) is 0 Å². The molecular weight excluding hydrogens is 396 g/mol. The van der Waals surface area contributed by atoms with E-state index in [-0.39, 0.29) is 0 Å². The largest absolute Gasteiger partial charge is 0.394 e. The van der Waals surface area contributed by atoms with Crippen LogP contribution in [0.1, 0.15) is 28.4 Å². The van der Waals surface area contributed by atoms with Gasteiger partial charge >= 0.3 is 0 Å². The molecule has 0 bridgehead atoms. The molecule has 1 fully saturated rings. The third-order valence-electron chi connectivity index (χ3n) is 5.91. The number of fused-ring (bicyclic) bond motifs is 1. The smallest absolute Gasteiger partial charge is 0.113 e. The van der Waals surface area contributed by atoms with Gasteiger partial charge in [0.05, 0.1) is 13.2 Å². The minimum absolute atomic E-state index is 0.307. The molecule has 0 radical (unpaired) electrons. The summed E-state index contributed by atoms with van der Waals surface area (Å²) in [4.78, 5) is 0. The van der Waals surface area contributed by atoms with Gasteiger partial charge in [0.15, 0.2) is 0 Å². The minimum atomic E-state index is -1.42. The van der Waals surface area contributed by atoms with E-state index < -0.39 is 37.1 Å². The summed E-state index contributed by atoms with van der Waals surface area (Å²) in [6.45, 7) is -0.153. The Labute approximate surface area is 181 Å². The van der Waals surface area contributed by atoms with Gasteiger partial charge in [0.1, 0.15) is 30.5 Å². The highest BCUT2D eigenvalue weighted by molar-refractivity contribution is 5.68. The second kappa shape index (κ2) is 9.44. The zero-order valence-corrected chi connectivity index (χ0v) is 17.4. The molecule has 164 valence electrons. The summed E-state index contributed by atoms with van der Waals surface area (Å²) >= 11 is 0. The summed E-state index contributed by atoms with van der Waals surface area (Å²) in [5.41, 5.74) is 6.02. The summed E-state index contributed by atoms with van der Waals surface area (Å²) in [5.74, 6) is 0. The molecular formula is C25H28O6. The van der Waals surface area contributed by atoms with E-state index >= 15 is 0 Å². The molecule has 1 aliphatic heterocycles. The van der Waals surface area contributed by atoms with Crippen molar-refractivity contribution in [3.05, 3.63) is 82.9 Å². The molecule has 0 unspecified atom stereocenters. The normalized spacial score (nSPS) is 26.3. The molecule has 0 amide bonds. The first-order valence-corrected chi connectivity index (χ1v) is 10.4. The van der Waals surface area contributed by atoms with Crippen LogP contribution >= 0.6 is 0 Å². The van der Waals surface area contributed by atoms with Gasteiger partial charge in [-0.15, -0.1) is 0 Å². The lowest BCUT2D eigenvalue weighted by Gasteiger charge is -2.40. The molecule has 1 aromatic carbocycles. The number of aliphatic hydroxyl groups excluding tert-OH is 4.